The predicted molar refractivity (Wildman–Crippen MR) is 134 cm³/mol. The van der Waals surface area contributed by atoms with Crippen molar-refractivity contribution in [1.29, 1.82) is 0 Å². The fourth-order valence-corrected chi connectivity index (χ4v) is 5.91. The highest BCUT2D eigenvalue weighted by atomic mass is 32.2. The van der Waals surface area contributed by atoms with E-state index in [0.29, 0.717) is 4.90 Å². The van der Waals surface area contributed by atoms with Crippen LogP contribution >= 0.6 is 0 Å². The first kappa shape index (κ1) is 23.3. The van der Waals surface area contributed by atoms with Crippen molar-refractivity contribution in [2.75, 3.05) is 7.11 Å². The lowest BCUT2D eigenvalue weighted by Gasteiger charge is -2.36. The van der Waals surface area contributed by atoms with E-state index in [1.54, 1.807) is 19.2 Å². The van der Waals surface area contributed by atoms with Gasteiger partial charge in [-0.05, 0) is 60.7 Å². The SMILES string of the molecule is COc1ccc(/C(=C/C2(NS(=O)(=O)c3ccc(C)cc3)CCCCC2)c2ccccc2)cc1. The lowest BCUT2D eigenvalue weighted by Crippen LogP contribution is -2.48. The number of nitrogens with one attached hydrogen (secondary N) is 1. The smallest absolute Gasteiger partial charge is 0.241 e. The number of sulfonamides is 1. The van der Waals surface area contributed by atoms with Crippen molar-refractivity contribution in [1.82, 2.24) is 4.72 Å². The van der Waals surface area contributed by atoms with Gasteiger partial charge in [0, 0.05) is 0 Å². The molecule has 4 nitrogen and oxygen atoms in total. The van der Waals surface area contributed by atoms with E-state index in [2.05, 4.69) is 22.9 Å². The van der Waals surface area contributed by atoms with Crippen molar-refractivity contribution in [3.8, 4) is 5.75 Å². The molecule has 0 bridgehead atoms. The summed E-state index contributed by atoms with van der Waals surface area (Å²) in [6.07, 6.45) is 6.77. The maximum absolute atomic E-state index is 13.4. The zero-order valence-corrected chi connectivity index (χ0v) is 20.1. The molecule has 0 spiro atoms. The lowest BCUT2D eigenvalue weighted by atomic mass is 9.79. The maximum Gasteiger partial charge on any atom is 0.241 e. The Morgan fingerprint density at radius 3 is 2.06 bits per heavy atom. The van der Waals surface area contributed by atoms with Crippen molar-refractivity contribution < 1.29 is 13.2 Å². The first-order valence-electron chi connectivity index (χ1n) is 11.4. The summed E-state index contributed by atoms with van der Waals surface area (Å²) in [7, 11) is -2.02. The third kappa shape index (κ3) is 5.55. The van der Waals surface area contributed by atoms with E-state index in [9.17, 15) is 8.42 Å². The maximum atomic E-state index is 13.4. The molecule has 4 rings (SSSR count). The van der Waals surface area contributed by atoms with Gasteiger partial charge in [0.05, 0.1) is 17.5 Å². The minimum absolute atomic E-state index is 0.303. The van der Waals surface area contributed by atoms with Gasteiger partial charge in [-0.25, -0.2) is 13.1 Å². The molecular weight excluding hydrogens is 430 g/mol. The van der Waals surface area contributed by atoms with Crippen LogP contribution in [0.5, 0.6) is 5.75 Å². The van der Waals surface area contributed by atoms with Crippen molar-refractivity contribution in [3.05, 3.63) is 102 Å². The molecule has 172 valence electrons. The average molecular weight is 462 g/mol. The van der Waals surface area contributed by atoms with Gasteiger partial charge in [0.2, 0.25) is 10.0 Å². The molecule has 3 aromatic rings. The molecule has 1 aliphatic carbocycles. The largest absolute Gasteiger partial charge is 0.497 e. The van der Waals surface area contributed by atoms with E-state index in [-0.39, 0.29) is 0 Å². The summed E-state index contributed by atoms with van der Waals surface area (Å²) in [4.78, 5) is 0.303. The number of methoxy groups -OCH3 is 1. The zero-order chi connectivity index (χ0) is 23.3. The molecule has 33 heavy (non-hydrogen) atoms. The standard InChI is InChI=1S/C28H31NO3S/c1-22-11-17-26(18-12-22)33(30,31)29-28(19-7-4-8-20-28)21-27(23-9-5-3-6-10-23)24-13-15-25(32-2)16-14-24/h3,5-6,9-18,21,29H,4,7-8,19-20H2,1-2H3/b27-21+. The summed E-state index contributed by atoms with van der Waals surface area (Å²) in [6, 6.07) is 25.1. The Morgan fingerprint density at radius 1 is 0.848 bits per heavy atom. The van der Waals surface area contributed by atoms with Gasteiger partial charge in [-0.2, -0.15) is 0 Å². The number of benzene rings is 3. The number of aryl methyl sites for hydroxylation is 1. The van der Waals surface area contributed by atoms with Gasteiger partial charge in [0.1, 0.15) is 5.75 Å². The minimum Gasteiger partial charge on any atom is -0.497 e. The Labute approximate surface area is 197 Å². The Balaban J connectivity index is 1.80. The Morgan fingerprint density at radius 2 is 1.45 bits per heavy atom. The summed E-state index contributed by atoms with van der Waals surface area (Å²) >= 11 is 0. The summed E-state index contributed by atoms with van der Waals surface area (Å²) in [5.41, 5.74) is 3.50. The van der Waals surface area contributed by atoms with Crippen LogP contribution in [0, 0.1) is 6.92 Å². The second kappa shape index (κ2) is 9.94. The third-order valence-electron chi connectivity index (χ3n) is 6.32. The van der Waals surface area contributed by atoms with E-state index in [4.69, 9.17) is 4.74 Å². The van der Waals surface area contributed by atoms with Gasteiger partial charge in [-0.15, -0.1) is 0 Å². The molecule has 1 aliphatic rings. The molecule has 0 atom stereocenters. The summed E-state index contributed by atoms with van der Waals surface area (Å²) in [5.74, 6) is 0.790. The third-order valence-corrected chi connectivity index (χ3v) is 7.89. The van der Waals surface area contributed by atoms with Crippen LogP contribution in [0.1, 0.15) is 48.8 Å². The summed E-state index contributed by atoms with van der Waals surface area (Å²) in [5, 5.41) is 0. The molecule has 0 amide bonds. The van der Waals surface area contributed by atoms with Gasteiger partial charge in [-0.1, -0.05) is 85.5 Å². The van der Waals surface area contributed by atoms with Crippen molar-refractivity contribution in [2.45, 2.75) is 49.5 Å². The molecule has 3 aromatic carbocycles. The van der Waals surface area contributed by atoms with Crippen LogP contribution in [-0.4, -0.2) is 21.1 Å². The Hall–Kier alpha value is -2.89. The molecule has 1 fully saturated rings. The monoisotopic (exact) mass is 461 g/mol. The number of ether oxygens (including phenoxy) is 1. The van der Waals surface area contributed by atoms with E-state index in [0.717, 1.165) is 60.1 Å². The highest BCUT2D eigenvalue weighted by Crippen LogP contribution is 2.36. The number of hydrogen-bond acceptors (Lipinski definition) is 3. The predicted octanol–water partition coefficient (Wildman–Crippen LogP) is 6.12. The normalized spacial score (nSPS) is 16.4. The lowest BCUT2D eigenvalue weighted by molar-refractivity contribution is 0.330. The molecular formula is C28H31NO3S. The van der Waals surface area contributed by atoms with Crippen LogP contribution < -0.4 is 9.46 Å². The quantitative estimate of drug-likeness (QED) is 0.461. The van der Waals surface area contributed by atoms with Crippen molar-refractivity contribution in [3.63, 3.8) is 0 Å². The van der Waals surface area contributed by atoms with E-state index in [1.165, 1.54) is 0 Å². The van der Waals surface area contributed by atoms with Crippen LogP contribution in [0.3, 0.4) is 0 Å². The second-order valence-corrected chi connectivity index (χ2v) is 10.5. The first-order valence-corrected chi connectivity index (χ1v) is 12.9. The van der Waals surface area contributed by atoms with Gasteiger partial charge in [0.25, 0.3) is 0 Å². The zero-order valence-electron chi connectivity index (χ0n) is 19.3. The molecule has 0 aromatic heterocycles. The topological polar surface area (TPSA) is 55.4 Å². The first-order chi connectivity index (χ1) is 15.9. The van der Waals surface area contributed by atoms with Crippen molar-refractivity contribution in [2.24, 2.45) is 0 Å². The van der Waals surface area contributed by atoms with Gasteiger partial charge in [0.15, 0.2) is 0 Å². The summed E-state index contributed by atoms with van der Waals surface area (Å²) in [6.45, 7) is 1.95. The molecule has 1 saturated carbocycles. The van der Waals surface area contributed by atoms with Gasteiger partial charge >= 0.3 is 0 Å². The second-order valence-electron chi connectivity index (χ2n) is 8.79. The van der Waals surface area contributed by atoms with Crippen LogP contribution in [0.25, 0.3) is 5.57 Å². The summed E-state index contributed by atoms with van der Waals surface area (Å²) < 4.78 is 35.2. The molecule has 5 heteroatoms. The van der Waals surface area contributed by atoms with E-state index >= 15 is 0 Å². The molecule has 0 radical (unpaired) electrons. The molecule has 0 heterocycles. The fourth-order valence-electron chi connectivity index (χ4n) is 4.50. The van der Waals surface area contributed by atoms with E-state index in [1.807, 2.05) is 61.5 Å². The molecule has 0 unspecified atom stereocenters. The highest BCUT2D eigenvalue weighted by molar-refractivity contribution is 7.89. The van der Waals surface area contributed by atoms with Crippen LogP contribution in [0.15, 0.2) is 89.8 Å². The fraction of sp³-hybridized carbons (Fsp3) is 0.286. The van der Waals surface area contributed by atoms with Gasteiger partial charge in [-0.3, -0.25) is 0 Å². The van der Waals surface area contributed by atoms with Crippen LogP contribution in [0.4, 0.5) is 0 Å². The Bertz CT molecular complexity index is 1190. The number of hydrogen-bond donors (Lipinski definition) is 1. The number of rotatable bonds is 7. The Kier molecular flexibility index (Phi) is 7.01. The average Bonchev–Trinajstić information content (AvgIpc) is 2.84. The van der Waals surface area contributed by atoms with Crippen LogP contribution in [-0.2, 0) is 10.0 Å². The van der Waals surface area contributed by atoms with Gasteiger partial charge < -0.3 is 4.74 Å². The molecule has 0 saturated heterocycles. The minimum atomic E-state index is -3.67. The van der Waals surface area contributed by atoms with Crippen LogP contribution in [0.2, 0.25) is 0 Å². The highest BCUT2D eigenvalue weighted by Gasteiger charge is 2.35. The van der Waals surface area contributed by atoms with E-state index < -0.39 is 15.6 Å². The molecule has 1 N–H and O–H groups in total. The van der Waals surface area contributed by atoms with Crippen molar-refractivity contribution >= 4 is 15.6 Å². The molecule has 0 aliphatic heterocycles.